The zero-order valence-corrected chi connectivity index (χ0v) is 10.0. The molecule has 0 N–H and O–H groups in total. The van der Waals surface area contributed by atoms with Crippen molar-refractivity contribution in [1.29, 1.82) is 0 Å². The Morgan fingerprint density at radius 2 is 2.22 bits per heavy atom. The summed E-state index contributed by atoms with van der Waals surface area (Å²) in [6.45, 7) is 0. The summed E-state index contributed by atoms with van der Waals surface area (Å²) in [7, 11) is 0. The van der Waals surface area contributed by atoms with Gasteiger partial charge in [0.1, 0.15) is 0 Å². The van der Waals surface area contributed by atoms with Crippen LogP contribution in [-0.2, 0) is 19.5 Å². The molecular weight excluding hydrogens is 255 g/mol. The molecule has 0 aliphatic rings. The molecule has 0 aliphatic heterocycles. The molecule has 46 valence electrons. The average Bonchev–Trinajstić information content (AvgIpc) is 1.69. The topological polar surface area (TPSA) is 12.9 Å². The minimum atomic E-state index is 0. The summed E-state index contributed by atoms with van der Waals surface area (Å²) >= 11 is 3.19. The number of nitrogens with zero attached hydrogens (tertiary/aromatic N) is 1. The molecule has 0 spiro atoms. The fraction of sp³-hybridized carbons (Fsp3) is 0. The van der Waals surface area contributed by atoms with Crippen LogP contribution in [0.3, 0.4) is 0 Å². The van der Waals surface area contributed by atoms with E-state index in [9.17, 15) is 0 Å². The maximum absolute atomic E-state index is 3.81. The van der Waals surface area contributed by atoms with Gasteiger partial charge >= 0.3 is 0 Å². The third-order valence-corrected chi connectivity index (χ3v) is 1.00. The summed E-state index contributed by atoms with van der Waals surface area (Å²) in [5.74, 6) is 0. The Balaban J connectivity index is 0. The number of hydrogen-bond donors (Lipinski definition) is 0. The molecule has 1 aromatic heterocycles. The van der Waals surface area contributed by atoms with Crippen LogP contribution in [0.15, 0.2) is 22.9 Å². The van der Waals surface area contributed by atoms with Crippen molar-refractivity contribution in [2.75, 3.05) is 0 Å². The van der Waals surface area contributed by atoms with E-state index in [0.29, 0.717) is 0 Å². The molecule has 0 aromatic carbocycles. The molecular formula is C5H4BrClNZn-. The third kappa shape index (κ3) is 5.01. The molecule has 0 bridgehead atoms. The first kappa shape index (κ1) is 12.2. The zero-order valence-electron chi connectivity index (χ0n) is 4.67. The Hall–Kier alpha value is 0.543. The van der Waals surface area contributed by atoms with Crippen molar-refractivity contribution in [1.82, 2.24) is 4.98 Å². The van der Waals surface area contributed by atoms with E-state index in [1.807, 2.05) is 0 Å². The smallest absolute Gasteiger partial charge is 0 e. The summed E-state index contributed by atoms with van der Waals surface area (Å²) in [4.78, 5) is 3.81. The van der Waals surface area contributed by atoms with Gasteiger partial charge in [0.05, 0.1) is 0 Å². The van der Waals surface area contributed by atoms with Crippen LogP contribution in [0.25, 0.3) is 0 Å². The van der Waals surface area contributed by atoms with Gasteiger partial charge < -0.3 is 4.98 Å². The molecule has 1 heterocycles. The minimum Gasteiger partial charge on any atom is -0.390 e. The van der Waals surface area contributed by atoms with E-state index in [1.165, 1.54) is 0 Å². The van der Waals surface area contributed by atoms with Gasteiger partial charge in [-0.1, -0.05) is 32.8 Å². The van der Waals surface area contributed by atoms with Crippen LogP contribution in [0.4, 0.5) is 0 Å². The first-order valence-corrected chi connectivity index (χ1v) is 2.66. The third-order valence-electron chi connectivity index (χ3n) is 0.570. The standard InChI is InChI=1S/C5H3BrN.ClH.Zn/c6-5-2-1-3-7-4-5;;/h1,3-4H;1H;/q-1;;. The van der Waals surface area contributed by atoms with Crippen LogP contribution >= 0.6 is 28.3 Å². The van der Waals surface area contributed by atoms with Crippen LogP contribution in [0.2, 0.25) is 0 Å². The zero-order chi connectivity index (χ0) is 5.11. The van der Waals surface area contributed by atoms with Gasteiger partial charge in [-0.25, -0.2) is 0 Å². The van der Waals surface area contributed by atoms with E-state index in [0.717, 1.165) is 4.47 Å². The Kier molecular flexibility index (Phi) is 9.06. The average molecular weight is 259 g/mol. The van der Waals surface area contributed by atoms with E-state index >= 15 is 0 Å². The van der Waals surface area contributed by atoms with E-state index in [-0.39, 0.29) is 31.9 Å². The first-order valence-electron chi connectivity index (χ1n) is 1.87. The van der Waals surface area contributed by atoms with Crippen molar-refractivity contribution >= 4 is 28.3 Å². The Morgan fingerprint density at radius 1 is 1.56 bits per heavy atom. The maximum Gasteiger partial charge on any atom is 0 e. The van der Waals surface area contributed by atoms with Crippen LogP contribution in [0.1, 0.15) is 0 Å². The predicted molar refractivity (Wildman–Crippen MR) is 38.0 cm³/mol. The quantitative estimate of drug-likeness (QED) is 0.513. The molecule has 9 heavy (non-hydrogen) atoms. The van der Waals surface area contributed by atoms with Gasteiger partial charge in [-0.3, -0.25) is 0 Å². The Morgan fingerprint density at radius 3 is 2.44 bits per heavy atom. The predicted octanol–water partition coefficient (Wildman–Crippen LogP) is 2.06. The number of aromatic nitrogens is 1. The molecule has 1 rings (SSSR count). The fourth-order valence-electron chi connectivity index (χ4n) is 0.306. The molecule has 1 nitrogen and oxygen atoms in total. The summed E-state index contributed by atoms with van der Waals surface area (Å²) in [5.41, 5.74) is 0. The molecule has 0 radical (unpaired) electrons. The van der Waals surface area contributed by atoms with Crippen molar-refractivity contribution in [2.45, 2.75) is 0 Å². The van der Waals surface area contributed by atoms with Crippen molar-refractivity contribution in [2.24, 2.45) is 0 Å². The van der Waals surface area contributed by atoms with Gasteiger partial charge in [0, 0.05) is 19.5 Å². The van der Waals surface area contributed by atoms with Crippen molar-refractivity contribution < 1.29 is 19.5 Å². The van der Waals surface area contributed by atoms with E-state index in [4.69, 9.17) is 0 Å². The molecule has 0 aliphatic carbocycles. The number of halogens is 2. The van der Waals surface area contributed by atoms with Crippen LogP contribution in [0, 0.1) is 6.07 Å². The van der Waals surface area contributed by atoms with Gasteiger partial charge in [-0.15, -0.1) is 12.4 Å². The van der Waals surface area contributed by atoms with E-state index in [1.54, 1.807) is 18.5 Å². The molecule has 1 aromatic rings. The summed E-state index contributed by atoms with van der Waals surface area (Å²) in [6, 6.07) is 4.64. The van der Waals surface area contributed by atoms with Crippen LogP contribution in [-0.4, -0.2) is 4.98 Å². The Labute approximate surface area is 81.6 Å². The van der Waals surface area contributed by atoms with Gasteiger partial charge in [0.2, 0.25) is 0 Å². The second kappa shape index (κ2) is 6.66. The maximum atomic E-state index is 3.81. The van der Waals surface area contributed by atoms with Gasteiger partial charge in [0.25, 0.3) is 0 Å². The summed E-state index contributed by atoms with van der Waals surface area (Å²) in [5, 5.41) is 0. The van der Waals surface area contributed by atoms with Gasteiger partial charge in [0.15, 0.2) is 0 Å². The minimum absolute atomic E-state index is 0. The molecule has 0 amide bonds. The SMILES string of the molecule is Brc1[c-]ccnc1.Cl.[Zn]. The normalized spacial score (nSPS) is 6.78. The molecule has 0 saturated heterocycles. The fourth-order valence-corrected chi connectivity index (χ4v) is 0.556. The van der Waals surface area contributed by atoms with Gasteiger partial charge in [-0.05, 0) is 0 Å². The van der Waals surface area contributed by atoms with Crippen LogP contribution < -0.4 is 0 Å². The Bertz CT molecular complexity index is 147. The second-order valence-corrected chi connectivity index (χ2v) is 1.94. The molecule has 0 fully saturated rings. The van der Waals surface area contributed by atoms with Crippen molar-refractivity contribution in [3.63, 3.8) is 0 Å². The molecule has 0 atom stereocenters. The van der Waals surface area contributed by atoms with Crippen molar-refractivity contribution in [3.05, 3.63) is 29.0 Å². The van der Waals surface area contributed by atoms with E-state index in [2.05, 4.69) is 27.0 Å². The van der Waals surface area contributed by atoms with E-state index < -0.39 is 0 Å². The largest absolute Gasteiger partial charge is 0.390 e. The van der Waals surface area contributed by atoms with Crippen LogP contribution in [0.5, 0.6) is 0 Å². The first-order chi connectivity index (χ1) is 3.39. The molecule has 0 unspecified atom stereocenters. The summed E-state index contributed by atoms with van der Waals surface area (Å²) in [6.07, 6.45) is 3.38. The summed E-state index contributed by atoms with van der Waals surface area (Å²) < 4.78 is 0.898. The number of pyridine rings is 1. The molecule has 4 heteroatoms. The number of rotatable bonds is 0. The molecule has 0 saturated carbocycles. The monoisotopic (exact) mass is 256 g/mol. The second-order valence-electron chi connectivity index (χ2n) is 1.09. The van der Waals surface area contributed by atoms with Gasteiger partial charge in [-0.2, -0.15) is 12.1 Å². The van der Waals surface area contributed by atoms with Crippen molar-refractivity contribution in [3.8, 4) is 0 Å². The number of hydrogen-bond acceptors (Lipinski definition) is 1.